The van der Waals surface area contributed by atoms with E-state index < -0.39 is 5.50 Å². The molecule has 0 aromatic carbocycles. The van der Waals surface area contributed by atoms with E-state index >= 15 is 0 Å². The SMILES string of the molecule is NN=C1N=NC(S)N1N. The third-order valence-corrected chi connectivity index (χ3v) is 1.20. The molecule has 0 aliphatic carbocycles. The third-order valence-electron chi connectivity index (χ3n) is 0.846. The minimum Gasteiger partial charge on any atom is -0.320 e. The maximum atomic E-state index is 5.29. The molecule has 1 rings (SSSR count). The van der Waals surface area contributed by atoms with Crippen LogP contribution in [0.2, 0.25) is 0 Å². The maximum absolute atomic E-state index is 5.29. The highest BCUT2D eigenvalue weighted by Gasteiger charge is 2.20. The Bertz CT molecular complexity index is 162. The number of hydrazine groups is 1. The molecule has 0 radical (unpaired) electrons. The first-order valence-electron chi connectivity index (χ1n) is 2.16. The highest BCUT2D eigenvalue weighted by Crippen LogP contribution is 2.09. The molecule has 0 saturated carbocycles. The molecule has 1 heterocycles. The van der Waals surface area contributed by atoms with E-state index in [-0.39, 0.29) is 5.96 Å². The Labute approximate surface area is 57.0 Å². The van der Waals surface area contributed by atoms with Gasteiger partial charge in [0, 0.05) is 0 Å². The lowest BCUT2D eigenvalue weighted by molar-refractivity contribution is 0.444. The number of guanidine groups is 1. The summed E-state index contributed by atoms with van der Waals surface area (Å²) < 4.78 is 0. The summed E-state index contributed by atoms with van der Waals surface area (Å²) in [5.74, 6) is 10.3. The molecule has 0 spiro atoms. The Kier molecular flexibility index (Phi) is 1.54. The van der Waals surface area contributed by atoms with Crippen molar-refractivity contribution in [1.82, 2.24) is 5.01 Å². The van der Waals surface area contributed by atoms with Crippen molar-refractivity contribution >= 4 is 18.6 Å². The molecule has 0 saturated heterocycles. The van der Waals surface area contributed by atoms with Crippen LogP contribution in [-0.2, 0) is 0 Å². The predicted octanol–water partition coefficient (Wildman–Crippen LogP) is -0.929. The van der Waals surface area contributed by atoms with E-state index in [1.165, 1.54) is 0 Å². The Morgan fingerprint density at radius 1 is 1.78 bits per heavy atom. The van der Waals surface area contributed by atoms with E-state index in [1.54, 1.807) is 0 Å². The lowest BCUT2D eigenvalue weighted by Gasteiger charge is -2.10. The number of rotatable bonds is 0. The van der Waals surface area contributed by atoms with E-state index in [4.69, 9.17) is 11.7 Å². The van der Waals surface area contributed by atoms with Crippen molar-refractivity contribution in [2.75, 3.05) is 0 Å². The standard InChI is InChI=1S/C2H6N6S/c3-5-1-6-7-2(9)8(1)4/h2,9H,3-4H2. The Balaban J connectivity index is 2.74. The van der Waals surface area contributed by atoms with Crippen LogP contribution in [0.1, 0.15) is 0 Å². The first-order chi connectivity index (χ1) is 4.25. The Hall–Kier alpha value is -0.820. The molecule has 1 unspecified atom stereocenters. The van der Waals surface area contributed by atoms with Crippen molar-refractivity contribution in [1.29, 1.82) is 0 Å². The van der Waals surface area contributed by atoms with Crippen LogP contribution < -0.4 is 11.7 Å². The number of hydrogen-bond donors (Lipinski definition) is 3. The summed E-state index contributed by atoms with van der Waals surface area (Å²) >= 11 is 3.90. The zero-order valence-electron chi connectivity index (χ0n) is 4.47. The highest BCUT2D eigenvalue weighted by molar-refractivity contribution is 7.80. The molecule has 1 atom stereocenters. The fraction of sp³-hybridized carbons (Fsp3) is 0.500. The van der Waals surface area contributed by atoms with Gasteiger partial charge in [0.15, 0.2) is 0 Å². The fourth-order valence-corrected chi connectivity index (χ4v) is 0.561. The molecule has 6 nitrogen and oxygen atoms in total. The summed E-state index contributed by atoms with van der Waals surface area (Å²) in [7, 11) is 0. The zero-order valence-corrected chi connectivity index (χ0v) is 5.36. The molecule has 0 aromatic heterocycles. The number of nitrogens with two attached hydrogens (primary N) is 2. The molecular formula is C2H6N6S. The van der Waals surface area contributed by atoms with E-state index in [0.29, 0.717) is 0 Å². The lowest BCUT2D eigenvalue weighted by atomic mass is 10.9. The smallest absolute Gasteiger partial charge is 0.278 e. The van der Waals surface area contributed by atoms with Crippen LogP contribution in [0.15, 0.2) is 15.3 Å². The Morgan fingerprint density at radius 2 is 2.44 bits per heavy atom. The van der Waals surface area contributed by atoms with Crippen LogP contribution in [0.25, 0.3) is 0 Å². The number of azo groups is 1. The van der Waals surface area contributed by atoms with Crippen LogP contribution in [-0.4, -0.2) is 16.5 Å². The predicted molar refractivity (Wildman–Crippen MR) is 35.3 cm³/mol. The first-order valence-corrected chi connectivity index (χ1v) is 2.68. The van der Waals surface area contributed by atoms with Crippen molar-refractivity contribution < 1.29 is 0 Å². The van der Waals surface area contributed by atoms with Gasteiger partial charge in [-0.25, -0.2) is 10.9 Å². The van der Waals surface area contributed by atoms with Gasteiger partial charge in [0.05, 0.1) is 0 Å². The minimum atomic E-state index is -0.452. The molecule has 0 bridgehead atoms. The largest absolute Gasteiger partial charge is 0.320 e. The van der Waals surface area contributed by atoms with Crippen molar-refractivity contribution in [2.24, 2.45) is 27.0 Å². The van der Waals surface area contributed by atoms with E-state index in [0.717, 1.165) is 5.01 Å². The van der Waals surface area contributed by atoms with Crippen molar-refractivity contribution in [3.05, 3.63) is 0 Å². The van der Waals surface area contributed by atoms with Gasteiger partial charge in [-0.3, -0.25) is 0 Å². The van der Waals surface area contributed by atoms with Gasteiger partial charge in [0.25, 0.3) is 5.96 Å². The summed E-state index contributed by atoms with van der Waals surface area (Å²) in [5.41, 5.74) is -0.452. The molecule has 50 valence electrons. The lowest BCUT2D eigenvalue weighted by Crippen LogP contribution is -2.37. The maximum Gasteiger partial charge on any atom is 0.278 e. The van der Waals surface area contributed by atoms with Crippen LogP contribution >= 0.6 is 12.6 Å². The number of thiol groups is 1. The Morgan fingerprint density at radius 3 is 2.67 bits per heavy atom. The summed E-state index contributed by atoms with van der Waals surface area (Å²) in [6.07, 6.45) is 0. The highest BCUT2D eigenvalue weighted by atomic mass is 32.1. The molecule has 9 heavy (non-hydrogen) atoms. The van der Waals surface area contributed by atoms with Crippen molar-refractivity contribution in [3.63, 3.8) is 0 Å². The van der Waals surface area contributed by atoms with Gasteiger partial charge in [-0.1, -0.05) is 0 Å². The van der Waals surface area contributed by atoms with Crippen molar-refractivity contribution in [2.45, 2.75) is 5.50 Å². The molecule has 1 aliphatic heterocycles. The molecule has 1 aliphatic rings. The second-order valence-electron chi connectivity index (χ2n) is 1.40. The fourth-order valence-electron chi connectivity index (χ4n) is 0.406. The zero-order chi connectivity index (χ0) is 6.85. The van der Waals surface area contributed by atoms with E-state index in [1.807, 2.05) is 0 Å². The normalized spacial score (nSPS) is 30.2. The van der Waals surface area contributed by atoms with Crippen LogP contribution in [0.5, 0.6) is 0 Å². The first kappa shape index (κ1) is 6.30. The van der Waals surface area contributed by atoms with Crippen LogP contribution in [0.3, 0.4) is 0 Å². The monoisotopic (exact) mass is 146 g/mol. The van der Waals surface area contributed by atoms with Gasteiger partial charge in [0.1, 0.15) is 0 Å². The summed E-state index contributed by atoms with van der Waals surface area (Å²) in [6.45, 7) is 0. The van der Waals surface area contributed by atoms with Crippen molar-refractivity contribution in [3.8, 4) is 0 Å². The number of hydrogen-bond acceptors (Lipinski definition) is 5. The van der Waals surface area contributed by atoms with Gasteiger partial charge in [-0.2, -0.15) is 0 Å². The van der Waals surface area contributed by atoms with Gasteiger partial charge >= 0.3 is 0 Å². The summed E-state index contributed by atoms with van der Waals surface area (Å²) in [5, 5.41) is 11.4. The van der Waals surface area contributed by atoms with Crippen LogP contribution in [0, 0.1) is 0 Å². The molecule has 0 amide bonds. The van der Waals surface area contributed by atoms with Gasteiger partial charge < -0.3 is 5.84 Å². The summed E-state index contributed by atoms with van der Waals surface area (Å²) in [4.78, 5) is 0. The molecular weight excluding hydrogens is 140 g/mol. The number of nitrogens with zero attached hydrogens (tertiary/aromatic N) is 4. The van der Waals surface area contributed by atoms with E-state index in [9.17, 15) is 0 Å². The summed E-state index contributed by atoms with van der Waals surface area (Å²) in [6, 6.07) is 0. The number of hydrazone groups is 1. The molecule has 7 heteroatoms. The molecule has 0 fully saturated rings. The average molecular weight is 146 g/mol. The minimum absolute atomic E-state index is 0.190. The average Bonchev–Trinajstić information content (AvgIpc) is 2.15. The van der Waals surface area contributed by atoms with E-state index in [2.05, 4.69) is 28.0 Å². The molecule has 0 aromatic rings. The third kappa shape index (κ3) is 0.958. The van der Waals surface area contributed by atoms with Gasteiger partial charge in [-0.15, -0.1) is 28.0 Å². The van der Waals surface area contributed by atoms with Crippen LogP contribution in [0.4, 0.5) is 0 Å². The van der Waals surface area contributed by atoms with Gasteiger partial charge in [-0.05, 0) is 0 Å². The topological polar surface area (TPSA) is 92.4 Å². The quantitative estimate of drug-likeness (QED) is 0.234. The molecule has 4 N–H and O–H groups in total. The van der Waals surface area contributed by atoms with Gasteiger partial charge in [0.2, 0.25) is 5.50 Å². The second kappa shape index (κ2) is 2.19. The second-order valence-corrected chi connectivity index (χ2v) is 1.86.